The van der Waals surface area contributed by atoms with E-state index in [-0.39, 0.29) is 0 Å². The number of furan rings is 2. The van der Waals surface area contributed by atoms with E-state index in [4.69, 9.17) is 8.83 Å². The molecule has 0 N–H and O–H groups in total. The van der Waals surface area contributed by atoms with Crippen LogP contribution in [0.15, 0.2) is 51.5 Å². The highest BCUT2D eigenvalue weighted by molar-refractivity contribution is 6.18. The molecule has 86 valence electrons. The van der Waals surface area contributed by atoms with Gasteiger partial charge in [-0.3, -0.25) is 4.79 Å². The molecule has 4 aromatic rings. The molecule has 0 aliphatic rings. The second kappa shape index (κ2) is 3.23. The summed E-state index contributed by atoms with van der Waals surface area (Å²) in [5, 5.41) is 2.95. The number of benzene rings is 2. The number of carbonyl (C=O) groups excluding carboxylic acids is 1. The van der Waals surface area contributed by atoms with Crippen LogP contribution >= 0.6 is 0 Å². The summed E-state index contributed by atoms with van der Waals surface area (Å²) >= 11 is 0. The van der Waals surface area contributed by atoms with E-state index in [1.54, 1.807) is 12.3 Å². The van der Waals surface area contributed by atoms with Crippen LogP contribution in [0.3, 0.4) is 0 Å². The zero-order chi connectivity index (χ0) is 12.1. The van der Waals surface area contributed by atoms with Crippen LogP contribution in [0.4, 0.5) is 0 Å². The van der Waals surface area contributed by atoms with E-state index in [1.165, 1.54) is 0 Å². The number of aldehydes is 1. The Morgan fingerprint density at radius 3 is 2.61 bits per heavy atom. The molecule has 3 heteroatoms. The van der Waals surface area contributed by atoms with Gasteiger partial charge < -0.3 is 8.83 Å². The van der Waals surface area contributed by atoms with E-state index in [0.29, 0.717) is 5.56 Å². The normalized spacial score (nSPS) is 11.6. The first-order valence-electron chi connectivity index (χ1n) is 5.64. The molecule has 0 saturated carbocycles. The molecule has 0 bridgehead atoms. The molecule has 0 unspecified atom stereocenters. The molecule has 2 aromatic carbocycles. The van der Waals surface area contributed by atoms with Gasteiger partial charge in [-0.05, 0) is 36.4 Å². The van der Waals surface area contributed by atoms with Gasteiger partial charge in [0.1, 0.15) is 23.0 Å². The Kier molecular flexibility index (Phi) is 1.70. The summed E-state index contributed by atoms with van der Waals surface area (Å²) in [6, 6.07) is 11.1. The Balaban J connectivity index is 2.31. The van der Waals surface area contributed by atoms with E-state index in [1.807, 2.05) is 30.3 Å². The van der Waals surface area contributed by atoms with Gasteiger partial charge >= 0.3 is 0 Å². The lowest BCUT2D eigenvalue weighted by atomic mass is 10.1. The second-order valence-corrected chi connectivity index (χ2v) is 4.25. The molecule has 0 fully saturated rings. The molecule has 0 amide bonds. The molecule has 2 aromatic heterocycles. The van der Waals surface area contributed by atoms with Gasteiger partial charge in [-0.2, -0.15) is 0 Å². The lowest BCUT2D eigenvalue weighted by Crippen LogP contribution is -1.77. The molecular formula is C15H8O3. The lowest BCUT2D eigenvalue weighted by Gasteiger charge is -1.92. The van der Waals surface area contributed by atoms with E-state index in [9.17, 15) is 4.79 Å². The zero-order valence-electron chi connectivity index (χ0n) is 9.34. The first-order chi connectivity index (χ1) is 8.86. The van der Waals surface area contributed by atoms with Crippen molar-refractivity contribution in [1.29, 1.82) is 0 Å². The second-order valence-electron chi connectivity index (χ2n) is 4.25. The average Bonchev–Trinajstić information content (AvgIpc) is 3.00. The van der Waals surface area contributed by atoms with Crippen LogP contribution in [0.5, 0.6) is 0 Å². The predicted molar refractivity (Wildman–Crippen MR) is 68.9 cm³/mol. The van der Waals surface area contributed by atoms with Crippen molar-refractivity contribution in [1.82, 2.24) is 0 Å². The highest BCUT2D eigenvalue weighted by atomic mass is 16.3. The summed E-state index contributed by atoms with van der Waals surface area (Å²) in [7, 11) is 0. The summed E-state index contributed by atoms with van der Waals surface area (Å²) in [5.41, 5.74) is 3.05. The monoisotopic (exact) mass is 236 g/mol. The fourth-order valence-electron chi connectivity index (χ4n) is 2.41. The van der Waals surface area contributed by atoms with Crippen LogP contribution in [0.2, 0.25) is 0 Å². The van der Waals surface area contributed by atoms with E-state index < -0.39 is 0 Å². The Morgan fingerprint density at radius 2 is 1.72 bits per heavy atom. The van der Waals surface area contributed by atoms with Crippen molar-refractivity contribution in [2.75, 3.05) is 0 Å². The molecule has 0 radical (unpaired) electrons. The third-order valence-corrected chi connectivity index (χ3v) is 3.23. The first kappa shape index (κ1) is 9.48. The minimum absolute atomic E-state index is 0.644. The molecule has 18 heavy (non-hydrogen) atoms. The third-order valence-electron chi connectivity index (χ3n) is 3.23. The number of rotatable bonds is 1. The quantitative estimate of drug-likeness (QED) is 0.466. The fourth-order valence-corrected chi connectivity index (χ4v) is 2.41. The molecule has 4 rings (SSSR count). The topological polar surface area (TPSA) is 43.4 Å². The minimum Gasteiger partial charge on any atom is -0.464 e. The molecule has 0 spiro atoms. The predicted octanol–water partition coefficient (Wildman–Crippen LogP) is 4.14. The molecule has 0 aliphatic carbocycles. The SMILES string of the molecule is O=Cc1ccc2oc3ccc4occc4c3c2c1. The molecule has 0 saturated heterocycles. The van der Waals surface area contributed by atoms with Gasteiger partial charge in [-0.25, -0.2) is 0 Å². The smallest absolute Gasteiger partial charge is 0.150 e. The van der Waals surface area contributed by atoms with Crippen molar-refractivity contribution in [2.45, 2.75) is 0 Å². The number of carbonyl (C=O) groups is 1. The van der Waals surface area contributed by atoms with Gasteiger partial charge in [0.05, 0.1) is 6.26 Å². The Morgan fingerprint density at radius 1 is 0.889 bits per heavy atom. The molecule has 0 atom stereocenters. The van der Waals surface area contributed by atoms with Gasteiger partial charge in [0.2, 0.25) is 0 Å². The van der Waals surface area contributed by atoms with Gasteiger partial charge in [-0.1, -0.05) is 0 Å². The van der Waals surface area contributed by atoms with Crippen LogP contribution in [0.1, 0.15) is 10.4 Å². The molecular weight excluding hydrogens is 228 g/mol. The third kappa shape index (κ3) is 1.10. The molecule has 0 aliphatic heterocycles. The van der Waals surface area contributed by atoms with E-state index in [2.05, 4.69) is 0 Å². The highest BCUT2D eigenvalue weighted by Crippen LogP contribution is 2.35. The number of hydrogen-bond acceptors (Lipinski definition) is 3. The van der Waals surface area contributed by atoms with Crippen LogP contribution in [0.25, 0.3) is 32.9 Å². The maximum absolute atomic E-state index is 10.9. The molecule has 3 nitrogen and oxygen atoms in total. The van der Waals surface area contributed by atoms with Crippen molar-refractivity contribution in [3.63, 3.8) is 0 Å². The summed E-state index contributed by atoms with van der Waals surface area (Å²) < 4.78 is 11.2. The fraction of sp³-hybridized carbons (Fsp3) is 0. The molecule has 2 heterocycles. The van der Waals surface area contributed by atoms with Crippen molar-refractivity contribution in [3.8, 4) is 0 Å². The van der Waals surface area contributed by atoms with Crippen molar-refractivity contribution in [3.05, 3.63) is 48.2 Å². The van der Waals surface area contributed by atoms with Crippen LogP contribution in [0, 0.1) is 0 Å². The summed E-state index contributed by atoms with van der Waals surface area (Å²) in [4.78, 5) is 10.9. The van der Waals surface area contributed by atoms with E-state index in [0.717, 1.165) is 39.2 Å². The van der Waals surface area contributed by atoms with Gasteiger partial charge in [-0.15, -0.1) is 0 Å². The van der Waals surface area contributed by atoms with Crippen LogP contribution < -0.4 is 0 Å². The standard InChI is InChI=1S/C15H8O3/c16-8-9-1-2-13-11(7-9)15-10-5-6-17-12(10)3-4-14(15)18-13/h1-8H. The van der Waals surface area contributed by atoms with E-state index >= 15 is 0 Å². The van der Waals surface area contributed by atoms with Crippen molar-refractivity contribution in [2.24, 2.45) is 0 Å². The van der Waals surface area contributed by atoms with Crippen LogP contribution in [-0.2, 0) is 0 Å². The summed E-state index contributed by atoms with van der Waals surface area (Å²) in [6.07, 6.45) is 2.50. The lowest BCUT2D eigenvalue weighted by molar-refractivity contribution is 0.112. The first-order valence-corrected chi connectivity index (χ1v) is 5.64. The zero-order valence-corrected chi connectivity index (χ0v) is 9.34. The summed E-state index contributed by atoms with van der Waals surface area (Å²) in [5.74, 6) is 0. The maximum atomic E-state index is 10.9. The Hall–Kier alpha value is -2.55. The van der Waals surface area contributed by atoms with Crippen LogP contribution in [-0.4, -0.2) is 6.29 Å². The minimum atomic E-state index is 0.644. The van der Waals surface area contributed by atoms with Crippen molar-refractivity contribution >= 4 is 39.2 Å². The summed E-state index contributed by atoms with van der Waals surface area (Å²) in [6.45, 7) is 0. The van der Waals surface area contributed by atoms with Gasteiger partial charge in [0, 0.05) is 21.7 Å². The van der Waals surface area contributed by atoms with Gasteiger partial charge in [0.15, 0.2) is 0 Å². The number of fused-ring (bicyclic) bond motifs is 5. The Bertz CT molecular complexity index is 896. The Labute approximate surface area is 102 Å². The highest BCUT2D eigenvalue weighted by Gasteiger charge is 2.12. The number of hydrogen-bond donors (Lipinski definition) is 0. The van der Waals surface area contributed by atoms with Gasteiger partial charge in [0.25, 0.3) is 0 Å². The average molecular weight is 236 g/mol. The largest absolute Gasteiger partial charge is 0.464 e. The maximum Gasteiger partial charge on any atom is 0.150 e. The van der Waals surface area contributed by atoms with Crippen molar-refractivity contribution < 1.29 is 13.6 Å².